The van der Waals surface area contributed by atoms with Crippen LogP contribution in [-0.2, 0) is 14.8 Å². The summed E-state index contributed by atoms with van der Waals surface area (Å²) in [7, 11) is -3.80. The number of hydrogen-bond acceptors (Lipinski definition) is 4. The minimum absolute atomic E-state index is 0.0392. The van der Waals surface area contributed by atoms with Gasteiger partial charge in [0, 0.05) is 6.42 Å². The van der Waals surface area contributed by atoms with Crippen LogP contribution in [0.25, 0.3) is 0 Å². The number of rotatable bonds is 5. The number of sulfonamides is 1. The molecule has 2 aliphatic rings. The van der Waals surface area contributed by atoms with Crippen LogP contribution in [0.4, 0.5) is 5.69 Å². The first-order chi connectivity index (χ1) is 11.1. The number of anilines is 1. The van der Waals surface area contributed by atoms with Crippen molar-refractivity contribution in [2.45, 2.75) is 33.1 Å². The Labute approximate surface area is 141 Å². The highest BCUT2D eigenvalue weighted by atomic mass is 32.2. The van der Waals surface area contributed by atoms with Crippen molar-refractivity contribution in [3.05, 3.63) is 29.8 Å². The Morgan fingerprint density at radius 2 is 2.00 bits per heavy atom. The summed E-state index contributed by atoms with van der Waals surface area (Å²) >= 11 is 0. The Morgan fingerprint density at radius 3 is 2.54 bits per heavy atom. The Bertz CT molecular complexity index is 816. The highest BCUT2D eigenvalue weighted by molar-refractivity contribution is 7.92. The van der Waals surface area contributed by atoms with Gasteiger partial charge in [0.2, 0.25) is 10.0 Å². The lowest BCUT2D eigenvalue weighted by Gasteiger charge is -2.36. The summed E-state index contributed by atoms with van der Waals surface area (Å²) in [5, 5.41) is 0. The number of nitrogens with two attached hydrogens (primary N) is 1. The number of hydrogen-bond donors (Lipinski definition) is 2. The molecule has 2 aliphatic carbocycles. The number of nitrogens with one attached hydrogen (secondary N) is 1. The molecule has 130 valence electrons. The third kappa shape index (κ3) is 2.42. The molecule has 1 amide bonds. The van der Waals surface area contributed by atoms with Gasteiger partial charge in [-0.1, -0.05) is 26.0 Å². The van der Waals surface area contributed by atoms with Crippen molar-refractivity contribution in [1.82, 2.24) is 0 Å². The van der Waals surface area contributed by atoms with Crippen molar-refractivity contribution in [3.8, 4) is 0 Å². The average Bonchev–Trinajstić information content (AvgIpc) is 2.80. The summed E-state index contributed by atoms with van der Waals surface area (Å²) < 4.78 is 27.9. The molecule has 2 fully saturated rings. The maximum absolute atomic E-state index is 12.7. The fourth-order valence-corrected chi connectivity index (χ4v) is 6.33. The van der Waals surface area contributed by atoms with Crippen LogP contribution in [0, 0.1) is 16.7 Å². The molecule has 2 atom stereocenters. The average molecular weight is 350 g/mol. The summed E-state index contributed by atoms with van der Waals surface area (Å²) in [6, 6.07) is 6.20. The minimum Gasteiger partial charge on any atom is -0.366 e. The van der Waals surface area contributed by atoms with Gasteiger partial charge in [0.25, 0.3) is 5.91 Å². The number of amides is 1. The number of carbonyl (C=O) groups is 2. The van der Waals surface area contributed by atoms with Crippen LogP contribution in [0.5, 0.6) is 0 Å². The van der Waals surface area contributed by atoms with Gasteiger partial charge in [-0.05, 0) is 36.3 Å². The standard InChI is InChI=1S/C17H22N2O4S/c1-16(2)11-7-8-17(16,14(20)9-11)10-24(22,23)19-13-6-4-3-5-12(13)15(18)21/h3-6,11,19H,7-10H2,1-2H3,(H2,18,21)/t11-,17-/m1/s1. The second kappa shape index (κ2) is 5.31. The molecular formula is C17H22N2O4S. The number of carbonyl (C=O) groups excluding carboxylic acids is 2. The van der Waals surface area contributed by atoms with E-state index in [0.717, 1.165) is 6.42 Å². The predicted octanol–water partition coefficient (Wildman–Crippen LogP) is 1.92. The SMILES string of the molecule is CC1(C)[C@@H]2CC[C@@]1(CS(=O)(=O)Nc1ccccc1C(N)=O)C(=O)C2. The molecule has 1 aromatic carbocycles. The second-order valence-corrected chi connectivity index (χ2v) is 9.16. The van der Waals surface area contributed by atoms with Gasteiger partial charge < -0.3 is 5.73 Å². The molecule has 0 unspecified atom stereocenters. The van der Waals surface area contributed by atoms with E-state index in [9.17, 15) is 18.0 Å². The zero-order valence-electron chi connectivity index (χ0n) is 13.8. The third-order valence-electron chi connectivity index (χ3n) is 6.03. The molecule has 0 radical (unpaired) electrons. The van der Waals surface area contributed by atoms with Crippen molar-refractivity contribution < 1.29 is 18.0 Å². The van der Waals surface area contributed by atoms with E-state index in [-0.39, 0.29) is 34.1 Å². The van der Waals surface area contributed by atoms with Gasteiger partial charge in [0.15, 0.2) is 0 Å². The lowest BCUT2D eigenvalue weighted by atomic mass is 9.70. The smallest absolute Gasteiger partial charge is 0.250 e. The summed E-state index contributed by atoms with van der Waals surface area (Å²) in [6.45, 7) is 3.98. The lowest BCUT2D eigenvalue weighted by molar-refractivity contribution is -0.128. The lowest BCUT2D eigenvalue weighted by Crippen LogP contribution is -2.43. The summed E-state index contributed by atoms with van der Waals surface area (Å²) in [5.74, 6) is -0.671. The first-order valence-corrected chi connectivity index (χ1v) is 9.67. The monoisotopic (exact) mass is 350 g/mol. The molecule has 3 N–H and O–H groups in total. The summed E-state index contributed by atoms with van der Waals surface area (Å²) in [5.41, 5.74) is 4.38. The van der Waals surface area contributed by atoms with Crippen LogP contribution in [0.3, 0.4) is 0 Å². The second-order valence-electron chi connectivity index (χ2n) is 7.44. The van der Waals surface area contributed by atoms with Crippen LogP contribution in [0.1, 0.15) is 43.5 Å². The Hall–Kier alpha value is -1.89. The van der Waals surface area contributed by atoms with Crippen LogP contribution in [0.2, 0.25) is 0 Å². The maximum atomic E-state index is 12.7. The van der Waals surface area contributed by atoms with Crippen LogP contribution in [0.15, 0.2) is 24.3 Å². The van der Waals surface area contributed by atoms with Crippen LogP contribution < -0.4 is 10.5 Å². The largest absolute Gasteiger partial charge is 0.366 e. The first kappa shape index (κ1) is 17.0. The summed E-state index contributed by atoms with van der Waals surface area (Å²) in [6.07, 6.45) is 1.94. The van der Waals surface area contributed by atoms with Crippen molar-refractivity contribution >= 4 is 27.4 Å². The van der Waals surface area contributed by atoms with Crippen molar-refractivity contribution in [3.63, 3.8) is 0 Å². The van der Waals surface area contributed by atoms with Gasteiger partial charge in [-0.25, -0.2) is 8.42 Å². The fraction of sp³-hybridized carbons (Fsp3) is 0.529. The normalized spacial score (nSPS) is 28.1. The number of fused-ring (bicyclic) bond motifs is 2. The molecule has 0 spiro atoms. The fourth-order valence-electron chi connectivity index (χ4n) is 4.42. The van der Waals surface area contributed by atoms with Gasteiger partial charge in [-0.15, -0.1) is 0 Å². The molecule has 6 nitrogen and oxygen atoms in total. The van der Waals surface area contributed by atoms with Gasteiger partial charge >= 0.3 is 0 Å². The van der Waals surface area contributed by atoms with Gasteiger partial charge in [-0.2, -0.15) is 0 Å². The van der Waals surface area contributed by atoms with Crippen molar-refractivity contribution in [2.24, 2.45) is 22.5 Å². The molecule has 24 heavy (non-hydrogen) atoms. The van der Waals surface area contributed by atoms with Crippen LogP contribution in [-0.4, -0.2) is 25.9 Å². The van der Waals surface area contributed by atoms with E-state index in [1.165, 1.54) is 12.1 Å². The number of primary amides is 1. The highest BCUT2D eigenvalue weighted by Gasteiger charge is 2.65. The topological polar surface area (TPSA) is 106 Å². The van der Waals surface area contributed by atoms with E-state index in [4.69, 9.17) is 5.73 Å². The van der Waals surface area contributed by atoms with Crippen LogP contribution >= 0.6 is 0 Å². The Balaban J connectivity index is 1.91. The highest BCUT2D eigenvalue weighted by Crippen LogP contribution is 2.64. The Morgan fingerprint density at radius 1 is 1.33 bits per heavy atom. The first-order valence-electron chi connectivity index (χ1n) is 8.02. The van der Waals surface area contributed by atoms with E-state index < -0.39 is 21.3 Å². The molecule has 7 heteroatoms. The zero-order valence-corrected chi connectivity index (χ0v) is 14.7. The molecule has 0 saturated heterocycles. The zero-order chi connectivity index (χ0) is 17.8. The van der Waals surface area contributed by atoms with Crippen molar-refractivity contribution in [1.29, 1.82) is 0 Å². The van der Waals surface area contributed by atoms with E-state index >= 15 is 0 Å². The van der Waals surface area contributed by atoms with Crippen molar-refractivity contribution in [2.75, 3.05) is 10.5 Å². The van der Waals surface area contributed by atoms with Gasteiger partial charge in [-0.3, -0.25) is 14.3 Å². The molecule has 0 heterocycles. The van der Waals surface area contributed by atoms with E-state index in [2.05, 4.69) is 4.72 Å². The quantitative estimate of drug-likeness (QED) is 0.846. The molecule has 1 aromatic rings. The number of benzene rings is 1. The molecule has 3 rings (SSSR count). The van der Waals surface area contributed by atoms with E-state index in [1.54, 1.807) is 12.1 Å². The number of Topliss-reactive ketones (excluding diaryl/α,β-unsaturated/α-hetero) is 1. The molecule has 2 saturated carbocycles. The van der Waals surface area contributed by atoms with E-state index in [0.29, 0.717) is 12.8 Å². The predicted molar refractivity (Wildman–Crippen MR) is 90.9 cm³/mol. The Kier molecular flexibility index (Phi) is 3.75. The van der Waals surface area contributed by atoms with Gasteiger partial charge in [0.1, 0.15) is 5.78 Å². The molecule has 0 aliphatic heterocycles. The van der Waals surface area contributed by atoms with Gasteiger partial charge in [0.05, 0.1) is 22.4 Å². The number of ketones is 1. The molecule has 2 bridgehead atoms. The minimum atomic E-state index is -3.80. The van der Waals surface area contributed by atoms with E-state index in [1.807, 2.05) is 13.8 Å². The molecule has 0 aromatic heterocycles. The number of para-hydroxylation sites is 1. The third-order valence-corrected chi connectivity index (χ3v) is 7.44. The summed E-state index contributed by atoms with van der Waals surface area (Å²) in [4.78, 5) is 24.0. The maximum Gasteiger partial charge on any atom is 0.250 e. The molecular weight excluding hydrogens is 328 g/mol.